The number of nitrogens with zero attached hydrogens (tertiary/aromatic N) is 3. The summed E-state index contributed by atoms with van der Waals surface area (Å²) in [6, 6.07) is 4.22. The van der Waals surface area contributed by atoms with Crippen LogP contribution >= 0.6 is 0 Å². The molecule has 1 aliphatic rings. The fraction of sp³-hybridized carbons (Fsp3) is 0.438. The minimum absolute atomic E-state index is 0.0594. The van der Waals surface area contributed by atoms with Crippen molar-refractivity contribution >= 4 is 21.6 Å². The smallest absolute Gasteiger partial charge is 0.265 e. The molecule has 26 heavy (non-hydrogen) atoms. The van der Waals surface area contributed by atoms with E-state index < -0.39 is 10.0 Å². The van der Waals surface area contributed by atoms with E-state index in [4.69, 9.17) is 9.26 Å². The molecule has 0 fully saturated rings. The van der Waals surface area contributed by atoms with Crippen molar-refractivity contribution in [1.82, 2.24) is 14.9 Å². The zero-order valence-electron chi connectivity index (χ0n) is 14.7. The van der Waals surface area contributed by atoms with E-state index in [9.17, 15) is 13.2 Å². The van der Waals surface area contributed by atoms with E-state index in [1.807, 2.05) is 6.92 Å². The van der Waals surface area contributed by atoms with Gasteiger partial charge in [-0.05, 0) is 31.5 Å². The van der Waals surface area contributed by atoms with Crippen molar-refractivity contribution in [3.63, 3.8) is 0 Å². The number of fused-ring (bicyclic) bond motifs is 1. The first-order chi connectivity index (χ1) is 12.3. The van der Waals surface area contributed by atoms with Crippen LogP contribution in [0, 0.1) is 6.92 Å². The number of anilines is 1. The molecule has 140 valence electrons. The molecule has 1 aliphatic heterocycles. The van der Waals surface area contributed by atoms with Crippen LogP contribution in [-0.4, -0.2) is 37.1 Å². The Hall–Kier alpha value is -2.46. The number of amides is 1. The normalized spacial score (nSPS) is 15.5. The molecule has 10 heteroatoms. The van der Waals surface area contributed by atoms with Gasteiger partial charge in [-0.3, -0.25) is 9.69 Å². The van der Waals surface area contributed by atoms with Gasteiger partial charge in [-0.2, -0.15) is 4.98 Å². The van der Waals surface area contributed by atoms with Crippen LogP contribution in [0.5, 0.6) is 5.75 Å². The summed E-state index contributed by atoms with van der Waals surface area (Å²) in [4.78, 5) is 17.8. The van der Waals surface area contributed by atoms with Crippen LogP contribution in [-0.2, 0) is 21.4 Å². The van der Waals surface area contributed by atoms with Crippen molar-refractivity contribution in [3.05, 3.63) is 29.9 Å². The van der Waals surface area contributed by atoms with Crippen molar-refractivity contribution in [2.45, 2.75) is 44.7 Å². The van der Waals surface area contributed by atoms with Gasteiger partial charge in [-0.1, -0.05) is 12.1 Å². The number of aromatic nitrogens is 2. The molecule has 1 atom stereocenters. The summed E-state index contributed by atoms with van der Waals surface area (Å²) < 4.78 is 38.0. The van der Waals surface area contributed by atoms with Crippen LogP contribution in [0.4, 0.5) is 5.69 Å². The van der Waals surface area contributed by atoms with Gasteiger partial charge < -0.3 is 9.26 Å². The third kappa shape index (κ3) is 3.70. The molecule has 1 aromatic heterocycles. The average Bonchev–Trinajstić information content (AvgIpc) is 3.01. The number of ether oxygens (including phenoxy) is 1. The van der Waals surface area contributed by atoms with Gasteiger partial charge in [0.05, 0.1) is 17.1 Å². The molecule has 1 aromatic carbocycles. The minimum Gasteiger partial charge on any atom is -0.482 e. The fourth-order valence-electron chi connectivity index (χ4n) is 2.49. The third-order valence-electron chi connectivity index (χ3n) is 4.02. The van der Waals surface area contributed by atoms with E-state index in [1.54, 1.807) is 19.9 Å². The number of carbonyl (C=O) groups excluding carboxylic acids is 1. The maximum atomic E-state index is 12.5. The number of sulfonamides is 1. The van der Waals surface area contributed by atoms with E-state index in [-0.39, 0.29) is 30.0 Å². The highest BCUT2D eigenvalue weighted by molar-refractivity contribution is 7.89. The summed E-state index contributed by atoms with van der Waals surface area (Å²) in [6.45, 7) is 5.25. The number of benzene rings is 1. The van der Waals surface area contributed by atoms with Crippen LogP contribution in [0.2, 0.25) is 0 Å². The Labute approximate surface area is 151 Å². The first-order valence-electron chi connectivity index (χ1n) is 8.19. The van der Waals surface area contributed by atoms with Crippen molar-refractivity contribution in [3.8, 4) is 5.75 Å². The summed E-state index contributed by atoms with van der Waals surface area (Å²) in [5, 5.41) is 3.79. The number of hydrogen-bond acceptors (Lipinski definition) is 7. The van der Waals surface area contributed by atoms with E-state index >= 15 is 0 Å². The summed E-state index contributed by atoms with van der Waals surface area (Å²) in [5.74, 6) is 0.821. The topological polar surface area (TPSA) is 115 Å². The van der Waals surface area contributed by atoms with Gasteiger partial charge in [-0.25, -0.2) is 13.1 Å². The van der Waals surface area contributed by atoms with Gasteiger partial charge in [-0.15, -0.1) is 0 Å². The lowest BCUT2D eigenvalue weighted by molar-refractivity contribution is -0.121. The Bertz CT molecular complexity index is 924. The zero-order valence-corrected chi connectivity index (χ0v) is 15.5. The highest BCUT2D eigenvalue weighted by atomic mass is 32.2. The molecule has 0 saturated heterocycles. The van der Waals surface area contributed by atoms with Gasteiger partial charge >= 0.3 is 0 Å². The van der Waals surface area contributed by atoms with Gasteiger partial charge in [0.2, 0.25) is 15.9 Å². The molecule has 0 radical (unpaired) electrons. The van der Waals surface area contributed by atoms with E-state index in [0.29, 0.717) is 29.6 Å². The Balaban J connectivity index is 1.96. The lowest BCUT2D eigenvalue weighted by Gasteiger charge is -2.28. The van der Waals surface area contributed by atoms with Crippen molar-refractivity contribution in [1.29, 1.82) is 0 Å². The largest absolute Gasteiger partial charge is 0.482 e. The molecule has 1 amide bonds. The highest BCUT2D eigenvalue weighted by Crippen LogP contribution is 2.35. The van der Waals surface area contributed by atoms with E-state index in [0.717, 1.165) is 0 Å². The number of hydrogen-bond donors (Lipinski definition) is 1. The second-order valence-corrected chi connectivity index (χ2v) is 7.77. The van der Waals surface area contributed by atoms with Gasteiger partial charge in [0.25, 0.3) is 5.91 Å². The highest BCUT2D eigenvalue weighted by Gasteiger charge is 2.29. The third-order valence-corrected chi connectivity index (χ3v) is 5.61. The van der Waals surface area contributed by atoms with Gasteiger partial charge in [0.15, 0.2) is 12.4 Å². The Morgan fingerprint density at radius 3 is 2.81 bits per heavy atom. The van der Waals surface area contributed by atoms with Crippen molar-refractivity contribution in [2.75, 3.05) is 11.5 Å². The van der Waals surface area contributed by atoms with E-state index in [2.05, 4.69) is 14.9 Å². The average molecular weight is 380 g/mol. The summed E-state index contributed by atoms with van der Waals surface area (Å²) >= 11 is 0. The Morgan fingerprint density at radius 1 is 1.38 bits per heavy atom. The zero-order chi connectivity index (χ0) is 18.9. The van der Waals surface area contributed by atoms with Crippen LogP contribution in [0.25, 0.3) is 0 Å². The monoisotopic (exact) mass is 380 g/mol. The lowest BCUT2D eigenvalue weighted by Crippen LogP contribution is -2.39. The second-order valence-electron chi connectivity index (χ2n) is 6.06. The van der Waals surface area contributed by atoms with E-state index in [1.165, 1.54) is 17.0 Å². The molecule has 9 nitrogen and oxygen atoms in total. The number of carbonyl (C=O) groups is 1. The van der Waals surface area contributed by atoms with Crippen LogP contribution in [0.15, 0.2) is 27.6 Å². The van der Waals surface area contributed by atoms with Gasteiger partial charge in [0.1, 0.15) is 5.75 Å². The minimum atomic E-state index is -3.71. The maximum absolute atomic E-state index is 12.5. The Morgan fingerprint density at radius 2 is 2.15 bits per heavy atom. The van der Waals surface area contributed by atoms with Crippen LogP contribution in [0.3, 0.4) is 0 Å². The molecule has 0 aliphatic carbocycles. The lowest BCUT2D eigenvalue weighted by atomic mass is 10.2. The molecule has 0 spiro atoms. The second kappa shape index (κ2) is 7.04. The first-order valence-corrected chi connectivity index (χ1v) is 9.67. The number of rotatable bonds is 6. The molecule has 0 bridgehead atoms. The standard InChI is InChI=1S/C16H20N4O5S/c1-4-10(2)19-26(22,23)12-5-6-14-13(7-12)20(16(21)9-24-14)8-15-17-11(3)25-18-15/h5-7,10,19H,4,8-9H2,1-3H3/t10-/m0/s1. The maximum Gasteiger partial charge on any atom is 0.265 e. The quantitative estimate of drug-likeness (QED) is 0.805. The van der Waals surface area contributed by atoms with Crippen LogP contribution < -0.4 is 14.4 Å². The molecule has 0 unspecified atom stereocenters. The molecule has 0 saturated carbocycles. The number of aryl methyl sites for hydroxylation is 1. The SMILES string of the molecule is CC[C@H](C)NS(=O)(=O)c1ccc2c(c1)N(Cc1noc(C)n1)C(=O)CO2. The molecular weight excluding hydrogens is 360 g/mol. The molecule has 1 N–H and O–H groups in total. The molecular formula is C16H20N4O5S. The fourth-order valence-corrected chi connectivity index (χ4v) is 3.83. The summed E-state index contributed by atoms with van der Waals surface area (Å²) in [6.07, 6.45) is 0.662. The summed E-state index contributed by atoms with van der Waals surface area (Å²) in [5.41, 5.74) is 0.357. The number of nitrogens with one attached hydrogen (secondary N) is 1. The molecule has 2 aromatic rings. The Kier molecular flexibility index (Phi) is 4.97. The van der Waals surface area contributed by atoms with Crippen LogP contribution in [0.1, 0.15) is 32.0 Å². The molecule has 2 heterocycles. The van der Waals surface area contributed by atoms with Crippen molar-refractivity contribution in [2.24, 2.45) is 0 Å². The predicted molar refractivity (Wildman–Crippen MR) is 92.2 cm³/mol. The summed E-state index contributed by atoms with van der Waals surface area (Å²) in [7, 11) is -3.71. The molecule has 3 rings (SSSR count). The van der Waals surface area contributed by atoms with Gasteiger partial charge in [0, 0.05) is 13.0 Å². The first kappa shape index (κ1) is 18.3. The predicted octanol–water partition coefficient (Wildman–Crippen LogP) is 1.38. The van der Waals surface area contributed by atoms with Crippen molar-refractivity contribution < 1.29 is 22.5 Å².